The molecule has 1 N–H and O–H groups in total. The summed E-state index contributed by atoms with van der Waals surface area (Å²) in [5, 5.41) is 12.5. The van der Waals surface area contributed by atoms with Crippen LogP contribution in [0.25, 0.3) is 0 Å². The molecule has 3 rings (SSSR count). The van der Waals surface area contributed by atoms with Gasteiger partial charge in [0.1, 0.15) is 11.6 Å². The van der Waals surface area contributed by atoms with Crippen molar-refractivity contribution >= 4 is 62.5 Å². The van der Waals surface area contributed by atoms with Gasteiger partial charge in [0, 0.05) is 12.4 Å². The summed E-state index contributed by atoms with van der Waals surface area (Å²) in [4.78, 5) is 12.2. The molecule has 26 heavy (non-hydrogen) atoms. The summed E-state index contributed by atoms with van der Waals surface area (Å²) in [6.07, 6.45) is 3.37. The van der Waals surface area contributed by atoms with E-state index in [9.17, 15) is 4.79 Å². The highest BCUT2D eigenvalue weighted by Gasteiger charge is 2.13. The molecule has 136 valence electrons. The molecule has 0 fully saturated rings. The van der Waals surface area contributed by atoms with Gasteiger partial charge in [0.2, 0.25) is 5.91 Å². The van der Waals surface area contributed by atoms with E-state index in [0.717, 1.165) is 15.7 Å². The molecule has 10 heteroatoms. The molecule has 2 heterocycles. The number of rotatable bonds is 5. The fourth-order valence-electron chi connectivity index (χ4n) is 2.28. The highest BCUT2D eigenvalue weighted by Crippen LogP contribution is 2.24. The fraction of sp³-hybridized carbons (Fsp3) is 0.188. The number of hydrogen-bond donors (Lipinski definition) is 1. The first-order chi connectivity index (χ1) is 12.3. The lowest BCUT2D eigenvalue weighted by atomic mass is 10.2. The molecule has 0 aliphatic carbocycles. The molecule has 0 unspecified atom stereocenters. The van der Waals surface area contributed by atoms with Crippen LogP contribution in [0.15, 0.2) is 35.1 Å². The third-order valence-electron chi connectivity index (χ3n) is 3.50. The lowest BCUT2D eigenvalue weighted by Crippen LogP contribution is -2.19. The van der Waals surface area contributed by atoms with Crippen LogP contribution in [0.3, 0.4) is 0 Å². The van der Waals surface area contributed by atoms with E-state index in [0.29, 0.717) is 27.4 Å². The van der Waals surface area contributed by atoms with Crippen LogP contribution in [0.1, 0.15) is 11.3 Å². The van der Waals surface area contributed by atoms with Crippen molar-refractivity contribution in [3.8, 4) is 0 Å². The topological polar surface area (TPSA) is 64.7 Å². The van der Waals surface area contributed by atoms with Crippen molar-refractivity contribution < 1.29 is 4.79 Å². The third-order valence-corrected chi connectivity index (χ3v) is 5.29. The Bertz CT molecular complexity index is 949. The second-order valence-corrected chi connectivity index (χ2v) is 7.66. The number of carbonyl (C=O) groups excluding carboxylic acids is 1. The highest BCUT2D eigenvalue weighted by atomic mass is 79.9. The summed E-state index contributed by atoms with van der Waals surface area (Å²) in [7, 11) is 0. The number of amides is 1. The molecule has 0 bridgehead atoms. The standard InChI is InChI=1S/C16H13BrCl3N5O/c1-9-11(17)6-25(22-9)8-15(26)21-16-14(20)7-24(23-16)5-10-2-3-12(18)13(19)4-10/h2-4,6-7H,5,8H2,1H3,(H,21,23,26). The molecule has 0 aliphatic heterocycles. The number of halogens is 4. The fourth-order valence-corrected chi connectivity index (χ4v) is 3.12. The van der Waals surface area contributed by atoms with E-state index in [1.54, 1.807) is 29.2 Å². The predicted octanol–water partition coefficient (Wildman–Crippen LogP) is 4.80. The summed E-state index contributed by atoms with van der Waals surface area (Å²) >= 11 is 21.5. The number of benzene rings is 1. The first-order valence-corrected chi connectivity index (χ1v) is 9.41. The van der Waals surface area contributed by atoms with E-state index in [1.165, 1.54) is 4.68 Å². The van der Waals surface area contributed by atoms with Crippen LogP contribution >= 0.6 is 50.7 Å². The molecule has 0 saturated heterocycles. The average Bonchev–Trinajstić information content (AvgIpc) is 3.05. The molecule has 1 amide bonds. The monoisotopic (exact) mass is 475 g/mol. The van der Waals surface area contributed by atoms with E-state index in [-0.39, 0.29) is 12.5 Å². The minimum absolute atomic E-state index is 0.0580. The number of hydrogen-bond acceptors (Lipinski definition) is 3. The maximum Gasteiger partial charge on any atom is 0.247 e. The van der Waals surface area contributed by atoms with E-state index in [4.69, 9.17) is 34.8 Å². The largest absolute Gasteiger partial charge is 0.306 e. The Labute approximate surface area is 173 Å². The lowest BCUT2D eigenvalue weighted by molar-refractivity contribution is -0.116. The van der Waals surface area contributed by atoms with Crippen molar-refractivity contribution in [3.05, 3.63) is 61.4 Å². The summed E-state index contributed by atoms with van der Waals surface area (Å²) in [6, 6.07) is 5.33. The van der Waals surface area contributed by atoms with E-state index in [1.807, 2.05) is 13.0 Å². The Kier molecular flexibility index (Phi) is 5.92. The summed E-state index contributed by atoms with van der Waals surface area (Å²) in [6.45, 7) is 2.35. The quantitative estimate of drug-likeness (QED) is 0.574. The van der Waals surface area contributed by atoms with Crippen LogP contribution in [0, 0.1) is 6.92 Å². The molecule has 0 spiro atoms. The van der Waals surface area contributed by atoms with Crippen LogP contribution in [0.2, 0.25) is 15.1 Å². The average molecular weight is 478 g/mol. The van der Waals surface area contributed by atoms with E-state index < -0.39 is 0 Å². The van der Waals surface area contributed by atoms with Gasteiger partial charge in [-0.3, -0.25) is 14.2 Å². The van der Waals surface area contributed by atoms with Gasteiger partial charge in [0.05, 0.1) is 26.8 Å². The number of anilines is 1. The minimum atomic E-state index is -0.276. The molecule has 0 radical (unpaired) electrons. The summed E-state index contributed by atoms with van der Waals surface area (Å²) < 4.78 is 4.00. The maximum atomic E-state index is 12.2. The second kappa shape index (κ2) is 8.00. The zero-order valence-electron chi connectivity index (χ0n) is 13.5. The highest BCUT2D eigenvalue weighted by molar-refractivity contribution is 9.10. The molecule has 0 aliphatic rings. The van der Waals surface area contributed by atoms with Gasteiger partial charge in [-0.05, 0) is 40.5 Å². The van der Waals surface area contributed by atoms with E-state index in [2.05, 4.69) is 31.4 Å². The van der Waals surface area contributed by atoms with Crippen molar-refractivity contribution in [2.45, 2.75) is 20.0 Å². The molecular weight excluding hydrogens is 464 g/mol. The van der Waals surface area contributed by atoms with Crippen molar-refractivity contribution in [3.63, 3.8) is 0 Å². The first-order valence-electron chi connectivity index (χ1n) is 7.48. The predicted molar refractivity (Wildman–Crippen MR) is 106 cm³/mol. The summed E-state index contributed by atoms with van der Waals surface area (Å²) in [5.74, 6) is 0.0151. The smallest absolute Gasteiger partial charge is 0.247 e. The number of nitrogens with zero attached hydrogens (tertiary/aromatic N) is 4. The van der Waals surface area contributed by atoms with Crippen molar-refractivity contribution in [2.75, 3.05) is 5.32 Å². The van der Waals surface area contributed by atoms with E-state index >= 15 is 0 Å². The van der Waals surface area contributed by atoms with Gasteiger partial charge in [-0.2, -0.15) is 10.2 Å². The molecule has 6 nitrogen and oxygen atoms in total. The van der Waals surface area contributed by atoms with Gasteiger partial charge in [0.25, 0.3) is 0 Å². The first kappa shape index (κ1) is 19.2. The Morgan fingerprint density at radius 3 is 2.54 bits per heavy atom. The van der Waals surface area contributed by atoms with Gasteiger partial charge < -0.3 is 5.32 Å². The molecule has 3 aromatic rings. The molecule has 1 aromatic carbocycles. The number of nitrogens with one attached hydrogen (secondary N) is 1. The number of aryl methyl sites for hydroxylation is 1. The van der Waals surface area contributed by atoms with Gasteiger partial charge in [0.15, 0.2) is 5.82 Å². The summed E-state index contributed by atoms with van der Waals surface area (Å²) in [5.41, 5.74) is 1.72. The minimum Gasteiger partial charge on any atom is -0.306 e. The normalized spacial score (nSPS) is 11.0. The van der Waals surface area contributed by atoms with Crippen LogP contribution in [0.4, 0.5) is 5.82 Å². The van der Waals surface area contributed by atoms with Crippen LogP contribution in [-0.2, 0) is 17.9 Å². The molecule has 0 saturated carbocycles. The van der Waals surface area contributed by atoms with Crippen molar-refractivity contribution in [1.29, 1.82) is 0 Å². The van der Waals surface area contributed by atoms with Gasteiger partial charge in [-0.25, -0.2) is 0 Å². The van der Waals surface area contributed by atoms with Crippen LogP contribution in [0.5, 0.6) is 0 Å². The number of aromatic nitrogens is 4. The maximum absolute atomic E-state index is 12.2. The number of carbonyl (C=O) groups is 1. The van der Waals surface area contributed by atoms with Crippen LogP contribution in [-0.4, -0.2) is 25.5 Å². The lowest BCUT2D eigenvalue weighted by Gasteiger charge is -2.04. The van der Waals surface area contributed by atoms with Gasteiger partial charge >= 0.3 is 0 Å². The van der Waals surface area contributed by atoms with Crippen molar-refractivity contribution in [1.82, 2.24) is 19.6 Å². The second-order valence-electron chi connectivity index (χ2n) is 5.58. The van der Waals surface area contributed by atoms with Crippen molar-refractivity contribution in [2.24, 2.45) is 0 Å². The Morgan fingerprint density at radius 2 is 1.88 bits per heavy atom. The Hall–Kier alpha value is -1.54. The SMILES string of the molecule is Cc1nn(CC(=O)Nc2nn(Cc3ccc(Cl)c(Cl)c3)cc2Cl)cc1Br. The van der Waals surface area contributed by atoms with Crippen LogP contribution < -0.4 is 5.32 Å². The zero-order valence-corrected chi connectivity index (χ0v) is 17.4. The molecular formula is C16H13BrCl3N5O. The van der Waals surface area contributed by atoms with Gasteiger partial charge in [-0.15, -0.1) is 0 Å². The Morgan fingerprint density at radius 1 is 1.12 bits per heavy atom. The molecule has 0 atom stereocenters. The zero-order chi connectivity index (χ0) is 18.8. The molecule has 2 aromatic heterocycles. The van der Waals surface area contributed by atoms with Gasteiger partial charge in [-0.1, -0.05) is 40.9 Å². The Balaban J connectivity index is 1.67. The third kappa shape index (κ3) is 4.59.